The minimum atomic E-state index is 0.808. The molecule has 0 amide bonds. The second-order valence-electron chi connectivity index (χ2n) is 7.91. The van der Waals surface area contributed by atoms with Crippen molar-refractivity contribution in [1.29, 1.82) is 0 Å². The van der Waals surface area contributed by atoms with E-state index in [0.717, 1.165) is 56.1 Å². The van der Waals surface area contributed by atoms with E-state index in [1.807, 2.05) is 49.2 Å². The summed E-state index contributed by atoms with van der Waals surface area (Å²) in [6.07, 6.45) is 3.35. The van der Waals surface area contributed by atoms with Crippen LogP contribution in [-0.4, -0.2) is 29.5 Å². The van der Waals surface area contributed by atoms with E-state index in [-0.39, 0.29) is 0 Å². The summed E-state index contributed by atoms with van der Waals surface area (Å²) in [5.74, 6) is 4.92. The Bertz CT molecular complexity index is 1330. The Morgan fingerprint density at radius 1 is 0.706 bits per heavy atom. The summed E-state index contributed by atoms with van der Waals surface area (Å²) in [4.78, 5) is 0. The molecule has 0 aliphatic rings. The second-order valence-corrected chi connectivity index (χ2v) is 9.79. The molecule has 0 aliphatic heterocycles. The highest BCUT2D eigenvalue weighted by atomic mass is 32.2. The molecule has 0 atom stereocenters. The molecule has 0 fully saturated rings. The zero-order valence-corrected chi connectivity index (χ0v) is 21.0. The van der Waals surface area contributed by atoms with Crippen LogP contribution >= 0.6 is 23.5 Å². The molecule has 0 unspecified atom stereocenters. The van der Waals surface area contributed by atoms with Gasteiger partial charge in [0.25, 0.3) is 0 Å². The van der Waals surface area contributed by atoms with E-state index >= 15 is 0 Å². The predicted molar refractivity (Wildman–Crippen MR) is 132 cm³/mol. The number of benzene rings is 1. The van der Waals surface area contributed by atoms with Crippen molar-refractivity contribution < 1.29 is 8.83 Å². The number of aryl methyl sites for hydroxylation is 2. The van der Waals surface area contributed by atoms with Crippen molar-refractivity contribution >= 4 is 23.5 Å². The van der Waals surface area contributed by atoms with Gasteiger partial charge in [-0.2, -0.15) is 0 Å². The van der Waals surface area contributed by atoms with Gasteiger partial charge in [0.1, 0.15) is 11.5 Å². The zero-order valence-electron chi connectivity index (χ0n) is 19.3. The topological polar surface area (TPSA) is 87.7 Å². The Balaban J connectivity index is 1.23. The van der Waals surface area contributed by atoms with Gasteiger partial charge < -0.3 is 18.0 Å². The Morgan fingerprint density at radius 3 is 1.59 bits per heavy atom. The van der Waals surface area contributed by atoms with Crippen LogP contribution in [0.15, 0.2) is 68.1 Å². The lowest BCUT2D eigenvalue weighted by molar-refractivity contribution is 0.534. The van der Waals surface area contributed by atoms with Crippen molar-refractivity contribution in [2.45, 2.75) is 35.7 Å². The molecule has 8 nitrogen and oxygen atoms in total. The first kappa shape index (κ1) is 22.5. The lowest BCUT2D eigenvalue weighted by atomic mass is 10.2. The predicted octanol–water partition coefficient (Wildman–Crippen LogP) is 5.67. The van der Waals surface area contributed by atoms with Gasteiger partial charge in [0.15, 0.2) is 22.0 Å². The quantitative estimate of drug-likeness (QED) is 0.256. The molecule has 0 spiro atoms. The fourth-order valence-corrected chi connectivity index (χ4v) is 5.40. The smallest absolute Gasteiger partial charge is 0.191 e. The zero-order chi connectivity index (χ0) is 23.7. The average molecular weight is 493 g/mol. The number of nitrogens with zero attached hydrogens (tertiary/aromatic N) is 6. The Hall–Kier alpha value is -3.24. The van der Waals surface area contributed by atoms with Crippen LogP contribution in [0.25, 0.3) is 22.8 Å². The molecule has 0 radical (unpaired) electrons. The molecule has 0 saturated carbocycles. The van der Waals surface area contributed by atoms with Crippen LogP contribution in [0.2, 0.25) is 0 Å². The van der Waals surface area contributed by atoms with E-state index in [9.17, 15) is 0 Å². The molecular formula is C24H24N6O2S2. The van der Waals surface area contributed by atoms with E-state index in [4.69, 9.17) is 8.83 Å². The monoisotopic (exact) mass is 492 g/mol. The summed E-state index contributed by atoms with van der Waals surface area (Å²) in [5, 5.41) is 19.2. The average Bonchev–Trinajstić information content (AvgIpc) is 3.61. The Labute approximate surface area is 205 Å². The normalized spacial score (nSPS) is 11.4. The maximum absolute atomic E-state index is 5.41. The molecule has 4 aromatic heterocycles. The molecule has 0 N–H and O–H groups in total. The summed E-state index contributed by atoms with van der Waals surface area (Å²) >= 11 is 3.34. The first-order valence-corrected chi connectivity index (χ1v) is 12.7. The molecule has 0 saturated heterocycles. The van der Waals surface area contributed by atoms with Gasteiger partial charge in [-0.25, -0.2) is 0 Å². The summed E-state index contributed by atoms with van der Waals surface area (Å²) in [6.45, 7) is 3.86. The van der Waals surface area contributed by atoms with Crippen LogP contribution in [0, 0.1) is 13.8 Å². The lowest BCUT2D eigenvalue weighted by Gasteiger charge is -2.06. The first-order valence-electron chi connectivity index (χ1n) is 10.7. The van der Waals surface area contributed by atoms with Gasteiger partial charge in [-0.3, -0.25) is 0 Å². The SMILES string of the molecule is Cc1occc1-c1nnc(SCc2cccc(CSc3nnc(-c4ccoc4C)n3C)c2)n1C. The number of aromatic nitrogens is 6. The summed E-state index contributed by atoms with van der Waals surface area (Å²) in [5.41, 5.74) is 4.41. The van der Waals surface area contributed by atoms with E-state index in [1.165, 1.54) is 11.1 Å². The number of rotatable bonds is 8. The van der Waals surface area contributed by atoms with Gasteiger partial charge in [0.05, 0.1) is 23.7 Å². The molecule has 0 bridgehead atoms. The second kappa shape index (κ2) is 9.55. The van der Waals surface area contributed by atoms with Gasteiger partial charge in [-0.1, -0.05) is 47.8 Å². The minimum Gasteiger partial charge on any atom is -0.469 e. The fourth-order valence-electron chi connectivity index (χ4n) is 3.69. The van der Waals surface area contributed by atoms with E-state index in [0.29, 0.717) is 0 Å². The maximum Gasteiger partial charge on any atom is 0.191 e. The first-order chi connectivity index (χ1) is 16.5. The minimum absolute atomic E-state index is 0.808. The van der Waals surface area contributed by atoms with Crippen molar-refractivity contribution in [3.63, 3.8) is 0 Å². The third-order valence-electron chi connectivity index (χ3n) is 5.60. The van der Waals surface area contributed by atoms with Crippen molar-refractivity contribution in [1.82, 2.24) is 29.5 Å². The molecule has 174 valence electrons. The number of hydrogen-bond acceptors (Lipinski definition) is 8. The summed E-state index contributed by atoms with van der Waals surface area (Å²) < 4.78 is 14.8. The third-order valence-corrected chi connectivity index (χ3v) is 7.78. The number of thioether (sulfide) groups is 2. The highest BCUT2D eigenvalue weighted by Crippen LogP contribution is 2.30. The molecule has 0 aliphatic carbocycles. The van der Waals surface area contributed by atoms with Crippen LogP contribution < -0.4 is 0 Å². The Kier molecular flexibility index (Phi) is 6.34. The van der Waals surface area contributed by atoms with Crippen LogP contribution in [0.3, 0.4) is 0 Å². The standard InChI is InChI=1S/C24H24N6O2S2/c1-15-19(8-10-31-15)21-25-27-23(29(21)3)33-13-17-6-5-7-18(12-17)14-34-24-28-26-22(30(24)4)20-9-11-32-16(20)2/h5-12H,13-14H2,1-4H3. The van der Waals surface area contributed by atoms with Gasteiger partial charge in [-0.05, 0) is 37.1 Å². The summed E-state index contributed by atoms with van der Waals surface area (Å²) in [7, 11) is 3.97. The lowest BCUT2D eigenvalue weighted by Crippen LogP contribution is -1.96. The van der Waals surface area contributed by atoms with Gasteiger partial charge >= 0.3 is 0 Å². The van der Waals surface area contributed by atoms with Crippen LogP contribution in [0.4, 0.5) is 0 Å². The molecule has 34 heavy (non-hydrogen) atoms. The van der Waals surface area contributed by atoms with Crippen molar-refractivity contribution in [2.24, 2.45) is 14.1 Å². The van der Waals surface area contributed by atoms with Gasteiger partial charge in [0, 0.05) is 25.6 Å². The molecule has 5 aromatic rings. The van der Waals surface area contributed by atoms with Gasteiger partial charge in [-0.15, -0.1) is 20.4 Å². The largest absolute Gasteiger partial charge is 0.469 e. The Morgan fingerprint density at radius 2 is 1.18 bits per heavy atom. The van der Waals surface area contributed by atoms with E-state index in [2.05, 4.69) is 44.7 Å². The molecule has 10 heteroatoms. The number of hydrogen-bond donors (Lipinski definition) is 0. The van der Waals surface area contributed by atoms with Crippen molar-refractivity contribution in [3.05, 3.63) is 71.6 Å². The van der Waals surface area contributed by atoms with E-state index in [1.54, 1.807) is 36.1 Å². The highest BCUT2D eigenvalue weighted by molar-refractivity contribution is 7.98. The molecule has 4 heterocycles. The van der Waals surface area contributed by atoms with Crippen LogP contribution in [-0.2, 0) is 25.6 Å². The molecule has 1 aromatic carbocycles. The van der Waals surface area contributed by atoms with Crippen LogP contribution in [0.5, 0.6) is 0 Å². The van der Waals surface area contributed by atoms with Crippen LogP contribution in [0.1, 0.15) is 22.6 Å². The molecular weight excluding hydrogens is 468 g/mol. The third kappa shape index (κ3) is 4.43. The highest BCUT2D eigenvalue weighted by Gasteiger charge is 2.16. The summed E-state index contributed by atoms with van der Waals surface area (Å²) in [6, 6.07) is 12.5. The van der Waals surface area contributed by atoms with Crippen molar-refractivity contribution in [3.8, 4) is 22.8 Å². The van der Waals surface area contributed by atoms with E-state index < -0.39 is 0 Å². The molecule has 5 rings (SSSR count). The van der Waals surface area contributed by atoms with Gasteiger partial charge in [0.2, 0.25) is 0 Å². The van der Waals surface area contributed by atoms with Crippen molar-refractivity contribution in [2.75, 3.05) is 0 Å². The number of furan rings is 2. The maximum atomic E-state index is 5.41. The fraction of sp³-hybridized carbons (Fsp3) is 0.250.